The second-order valence-electron chi connectivity index (χ2n) is 4.73. The minimum absolute atomic E-state index is 0.0185. The molecule has 3 heteroatoms. The average Bonchev–Trinajstić information content (AvgIpc) is 2.37. The highest BCUT2D eigenvalue weighted by molar-refractivity contribution is 5.96. The van der Waals surface area contributed by atoms with Crippen LogP contribution in [0, 0.1) is 13.8 Å². The van der Waals surface area contributed by atoms with Gasteiger partial charge in [0, 0.05) is 11.3 Å². The number of hydrogen-bond acceptors (Lipinski definition) is 3. The number of nitrogens with two attached hydrogens (primary N) is 1. The molecule has 0 amide bonds. The minimum Gasteiger partial charge on any atom is -0.397 e. The molecule has 2 aromatic rings. The predicted octanol–water partition coefficient (Wildman–Crippen LogP) is 3.83. The molecular weight excluding hydrogens is 236 g/mol. The van der Waals surface area contributed by atoms with Gasteiger partial charge in [0.15, 0.2) is 5.78 Å². The molecule has 3 N–H and O–H groups in total. The van der Waals surface area contributed by atoms with Crippen LogP contribution in [0.15, 0.2) is 36.4 Å². The molecule has 0 fully saturated rings. The van der Waals surface area contributed by atoms with Crippen LogP contribution in [-0.4, -0.2) is 5.78 Å². The van der Waals surface area contributed by atoms with E-state index in [2.05, 4.69) is 25.2 Å². The molecule has 19 heavy (non-hydrogen) atoms. The van der Waals surface area contributed by atoms with Gasteiger partial charge in [0.25, 0.3) is 0 Å². The van der Waals surface area contributed by atoms with Crippen molar-refractivity contribution in [1.82, 2.24) is 0 Å². The van der Waals surface area contributed by atoms with Gasteiger partial charge in [-0.1, -0.05) is 12.1 Å². The summed E-state index contributed by atoms with van der Waals surface area (Å²) in [4.78, 5) is 11.3. The average molecular weight is 254 g/mol. The van der Waals surface area contributed by atoms with Crippen molar-refractivity contribution in [1.29, 1.82) is 0 Å². The highest BCUT2D eigenvalue weighted by Gasteiger charge is 2.06. The maximum atomic E-state index is 11.3. The Labute approximate surface area is 113 Å². The Kier molecular flexibility index (Phi) is 3.56. The first-order valence-corrected chi connectivity index (χ1v) is 6.22. The highest BCUT2D eigenvalue weighted by Crippen LogP contribution is 2.27. The van der Waals surface area contributed by atoms with Crippen LogP contribution in [0.2, 0.25) is 0 Å². The summed E-state index contributed by atoms with van der Waals surface area (Å²) in [5.41, 5.74) is 11.5. The number of Topliss-reactive ketones (excluding diaryl/α,β-unsaturated/α-hetero) is 1. The molecule has 0 aliphatic rings. The van der Waals surface area contributed by atoms with Crippen molar-refractivity contribution in [2.75, 3.05) is 11.1 Å². The first kappa shape index (κ1) is 13.1. The molecule has 0 aromatic heterocycles. The molecule has 2 aromatic carbocycles. The first-order chi connectivity index (χ1) is 8.99. The molecule has 0 saturated heterocycles. The van der Waals surface area contributed by atoms with Gasteiger partial charge in [0.1, 0.15) is 0 Å². The monoisotopic (exact) mass is 254 g/mol. The number of hydrogen-bond donors (Lipinski definition) is 2. The lowest BCUT2D eigenvalue weighted by molar-refractivity contribution is 0.101. The Balaban J connectivity index is 2.34. The molecule has 0 aliphatic carbocycles. The lowest BCUT2D eigenvalue weighted by Crippen LogP contribution is -2.01. The topological polar surface area (TPSA) is 55.1 Å². The summed E-state index contributed by atoms with van der Waals surface area (Å²) in [5.74, 6) is 0.0185. The molecule has 0 bridgehead atoms. The standard InChI is InChI=1S/C16H18N2O/c1-10-5-4-6-15(11(10)2)18-16-8-7-13(12(3)19)9-14(16)17/h4-9,18H,17H2,1-3H3. The fourth-order valence-corrected chi connectivity index (χ4v) is 1.93. The normalized spacial score (nSPS) is 10.3. The quantitative estimate of drug-likeness (QED) is 0.646. The second kappa shape index (κ2) is 5.14. The van der Waals surface area contributed by atoms with E-state index in [1.807, 2.05) is 18.2 Å². The van der Waals surface area contributed by atoms with Gasteiger partial charge in [-0.25, -0.2) is 0 Å². The second-order valence-corrected chi connectivity index (χ2v) is 4.73. The maximum Gasteiger partial charge on any atom is 0.159 e. The summed E-state index contributed by atoms with van der Waals surface area (Å²) in [6, 6.07) is 11.4. The van der Waals surface area contributed by atoms with Crippen LogP contribution in [0.4, 0.5) is 17.1 Å². The van der Waals surface area contributed by atoms with E-state index >= 15 is 0 Å². The van der Waals surface area contributed by atoms with E-state index < -0.39 is 0 Å². The third-order valence-corrected chi connectivity index (χ3v) is 3.33. The van der Waals surface area contributed by atoms with Crippen molar-refractivity contribution in [3.05, 3.63) is 53.1 Å². The van der Waals surface area contributed by atoms with Gasteiger partial charge in [-0.05, 0) is 56.2 Å². The van der Waals surface area contributed by atoms with Crippen LogP contribution in [0.25, 0.3) is 0 Å². The number of rotatable bonds is 3. The van der Waals surface area contributed by atoms with Crippen LogP contribution >= 0.6 is 0 Å². The molecule has 0 aliphatic heterocycles. The van der Waals surface area contributed by atoms with Gasteiger partial charge < -0.3 is 11.1 Å². The number of benzene rings is 2. The number of anilines is 3. The molecule has 3 nitrogen and oxygen atoms in total. The van der Waals surface area contributed by atoms with Gasteiger partial charge in [-0.2, -0.15) is 0 Å². The van der Waals surface area contributed by atoms with Crippen LogP contribution in [0.3, 0.4) is 0 Å². The smallest absolute Gasteiger partial charge is 0.159 e. The summed E-state index contributed by atoms with van der Waals surface area (Å²) >= 11 is 0. The van der Waals surface area contributed by atoms with E-state index in [-0.39, 0.29) is 5.78 Å². The van der Waals surface area contributed by atoms with Crippen molar-refractivity contribution < 1.29 is 4.79 Å². The number of carbonyl (C=O) groups excluding carboxylic acids is 1. The summed E-state index contributed by atoms with van der Waals surface area (Å²) in [6.07, 6.45) is 0. The Morgan fingerprint density at radius 1 is 1.11 bits per heavy atom. The minimum atomic E-state index is 0.0185. The van der Waals surface area contributed by atoms with E-state index in [9.17, 15) is 4.79 Å². The van der Waals surface area contributed by atoms with Crippen molar-refractivity contribution in [3.63, 3.8) is 0 Å². The van der Waals surface area contributed by atoms with Crippen molar-refractivity contribution in [2.45, 2.75) is 20.8 Å². The lowest BCUT2D eigenvalue weighted by Gasteiger charge is -2.13. The van der Waals surface area contributed by atoms with E-state index in [0.29, 0.717) is 11.3 Å². The Morgan fingerprint density at radius 3 is 2.47 bits per heavy atom. The first-order valence-electron chi connectivity index (χ1n) is 6.22. The summed E-state index contributed by atoms with van der Waals surface area (Å²) in [6.45, 7) is 5.67. The lowest BCUT2D eigenvalue weighted by atomic mass is 10.1. The Morgan fingerprint density at radius 2 is 1.84 bits per heavy atom. The van der Waals surface area contributed by atoms with E-state index in [0.717, 1.165) is 11.4 Å². The largest absolute Gasteiger partial charge is 0.397 e. The fourth-order valence-electron chi connectivity index (χ4n) is 1.93. The van der Waals surface area contributed by atoms with E-state index in [4.69, 9.17) is 5.73 Å². The van der Waals surface area contributed by atoms with Crippen molar-refractivity contribution in [2.24, 2.45) is 0 Å². The summed E-state index contributed by atoms with van der Waals surface area (Å²) < 4.78 is 0. The number of aryl methyl sites for hydroxylation is 1. The molecule has 0 radical (unpaired) electrons. The zero-order valence-corrected chi connectivity index (χ0v) is 11.4. The third-order valence-electron chi connectivity index (χ3n) is 3.33. The molecule has 0 atom stereocenters. The van der Waals surface area contributed by atoms with Crippen molar-refractivity contribution in [3.8, 4) is 0 Å². The van der Waals surface area contributed by atoms with Crippen LogP contribution < -0.4 is 11.1 Å². The molecule has 0 unspecified atom stereocenters. The number of carbonyl (C=O) groups is 1. The third kappa shape index (κ3) is 2.76. The molecule has 0 saturated carbocycles. The van der Waals surface area contributed by atoms with Crippen molar-refractivity contribution >= 4 is 22.8 Å². The highest BCUT2D eigenvalue weighted by atomic mass is 16.1. The van der Waals surface area contributed by atoms with Gasteiger partial charge in [0.05, 0.1) is 11.4 Å². The van der Waals surface area contributed by atoms with Crippen LogP contribution in [-0.2, 0) is 0 Å². The fraction of sp³-hybridized carbons (Fsp3) is 0.188. The molecule has 2 rings (SSSR count). The Hall–Kier alpha value is -2.29. The maximum absolute atomic E-state index is 11.3. The molecular formula is C16H18N2O. The van der Waals surface area contributed by atoms with Gasteiger partial charge in [-0.3, -0.25) is 4.79 Å². The van der Waals surface area contributed by atoms with Crippen LogP contribution in [0.5, 0.6) is 0 Å². The van der Waals surface area contributed by atoms with Gasteiger partial charge >= 0.3 is 0 Å². The van der Waals surface area contributed by atoms with Gasteiger partial charge in [0.2, 0.25) is 0 Å². The molecule has 0 heterocycles. The zero-order valence-electron chi connectivity index (χ0n) is 11.4. The predicted molar refractivity (Wildman–Crippen MR) is 80.1 cm³/mol. The SMILES string of the molecule is CC(=O)c1ccc(Nc2cccc(C)c2C)c(N)c1. The molecule has 0 spiro atoms. The summed E-state index contributed by atoms with van der Waals surface area (Å²) in [7, 11) is 0. The van der Waals surface area contributed by atoms with E-state index in [1.165, 1.54) is 18.1 Å². The molecule has 98 valence electrons. The number of ketones is 1. The summed E-state index contributed by atoms with van der Waals surface area (Å²) in [5, 5.41) is 3.31. The van der Waals surface area contributed by atoms with Crippen LogP contribution in [0.1, 0.15) is 28.4 Å². The van der Waals surface area contributed by atoms with E-state index in [1.54, 1.807) is 12.1 Å². The zero-order chi connectivity index (χ0) is 14.0. The number of nitrogen functional groups attached to an aromatic ring is 1. The van der Waals surface area contributed by atoms with Gasteiger partial charge in [-0.15, -0.1) is 0 Å². The Bertz CT molecular complexity index is 633. The number of nitrogens with one attached hydrogen (secondary N) is 1.